The summed E-state index contributed by atoms with van der Waals surface area (Å²) in [6.07, 6.45) is 8.20. The van der Waals surface area contributed by atoms with E-state index in [9.17, 15) is 53.4 Å². The van der Waals surface area contributed by atoms with Crippen LogP contribution in [0.5, 0.6) is 0 Å². The fraction of sp³-hybridized carbons (Fsp3) is 0.588. The van der Waals surface area contributed by atoms with Crippen molar-refractivity contribution in [3.63, 3.8) is 0 Å². The Kier molecular flexibility index (Phi) is 21.5. The molecule has 1 aromatic heterocycles. The number of imide groups is 1. The Morgan fingerprint density at radius 2 is 1.39 bits per heavy atom. The number of unbranched alkanes of at least 4 members (excludes halogenated alkanes) is 3. The van der Waals surface area contributed by atoms with Crippen molar-refractivity contribution < 1.29 is 53.4 Å². The molecule has 0 saturated heterocycles. The number of carboxylic acid groups (broad SMARTS) is 2. The number of carboxylic acids is 2. The van der Waals surface area contributed by atoms with Crippen molar-refractivity contribution >= 4 is 64.2 Å². The molecule has 0 fully saturated rings. The topological polar surface area (TPSA) is 266 Å². The van der Waals surface area contributed by atoms with Gasteiger partial charge in [0.25, 0.3) is 11.8 Å². The summed E-state index contributed by atoms with van der Waals surface area (Å²) >= 11 is 0. The summed E-state index contributed by atoms with van der Waals surface area (Å²) in [6.45, 7) is 15.3. The highest BCUT2D eigenvalue weighted by atomic mass is 16.4. The van der Waals surface area contributed by atoms with Gasteiger partial charge in [-0.05, 0) is 75.5 Å². The smallest absolute Gasteiger partial charge is 0.326 e. The summed E-state index contributed by atoms with van der Waals surface area (Å²) in [4.78, 5) is 117. The number of carbonyl (C=O) groups excluding carboxylic acids is 7. The summed E-state index contributed by atoms with van der Waals surface area (Å²) in [5.74, 6) is -6.00. The lowest BCUT2D eigenvalue weighted by atomic mass is 9.76. The van der Waals surface area contributed by atoms with Crippen LogP contribution in [0.3, 0.4) is 0 Å². The number of rotatable bonds is 28. The maximum Gasteiger partial charge on any atom is 0.326 e. The van der Waals surface area contributed by atoms with Crippen LogP contribution in [0, 0.1) is 11.3 Å². The zero-order valence-corrected chi connectivity index (χ0v) is 42.8. The van der Waals surface area contributed by atoms with Crippen molar-refractivity contribution in [1.29, 1.82) is 0 Å². The summed E-state index contributed by atoms with van der Waals surface area (Å²) in [5, 5.41) is 34.6. The zero-order valence-electron chi connectivity index (χ0n) is 42.8. The Morgan fingerprint density at radius 3 is 1.97 bits per heavy atom. The monoisotopic (exact) mass is 977 g/mol. The number of nitrogens with one attached hydrogen (secondary N) is 5. The van der Waals surface area contributed by atoms with Gasteiger partial charge in [0.2, 0.25) is 29.5 Å². The first-order chi connectivity index (χ1) is 32.7. The molecule has 0 aliphatic carbocycles. The third-order valence-electron chi connectivity index (χ3n) is 12.8. The van der Waals surface area contributed by atoms with Gasteiger partial charge in [-0.2, -0.15) is 0 Å². The lowest BCUT2D eigenvalue weighted by molar-refractivity contribution is -0.143. The van der Waals surface area contributed by atoms with Gasteiger partial charge in [0, 0.05) is 80.3 Å². The summed E-state index contributed by atoms with van der Waals surface area (Å²) in [6, 6.07) is 2.81. The molecule has 19 heteroatoms. The van der Waals surface area contributed by atoms with E-state index in [-0.39, 0.29) is 54.4 Å². The molecule has 1 unspecified atom stereocenters. The molecule has 0 bridgehead atoms. The highest BCUT2D eigenvalue weighted by Crippen LogP contribution is 2.35. The van der Waals surface area contributed by atoms with Crippen LogP contribution in [0.15, 0.2) is 54.3 Å². The van der Waals surface area contributed by atoms with Crippen LogP contribution in [-0.4, -0.2) is 135 Å². The minimum Gasteiger partial charge on any atom is -0.480 e. The lowest BCUT2D eigenvalue weighted by Gasteiger charge is -2.39. The molecule has 0 spiro atoms. The van der Waals surface area contributed by atoms with Crippen LogP contribution in [0.4, 0.5) is 0 Å². The Labute approximate surface area is 411 Å². The zero-order chi connectivity index (χ0) is 52.7. The largest absolute Gasteiger partial charge is 0.480 e. The van der Waals surface area contributed by atoms with Crippen molar-refractivity contribution in [3.8, 4) is 0 Å². The van der Waals surface area contributed by atoms with Crippen molar-refractivity contribution in [1.82, 2.24) is 41.0 Å². The second kappa shape index (κ2) is 26.0. The number of aromatic nitrogens is 1. The van der Waals surface area contributed by atoms with E-state index in [0.29, 0.717) is 45.2 Å². The van der Waals surface area contributed by atoms with E-state index in [1.54, 1.807) is 20.2 Å². The average molecular weight is 977 g/mol. The quantitative estimate of drug-likeness (QED) is 0.0366. The number of aliphatic carboxylic acids is 2. The predicted octanol–water partition coefficient (Wildman–Crippen LogP) is 3.70. The number of para-hydroxylation sites is 1. The molecule has 70 heavy (non-hydrogen) atoms. The molecule has 2 heterocycles. The number of carbonyl (C=O) groups is 9. The third kappa shape index (κ3) is 16.1. The summed E-state index contributed by atoms with van der Waals surface area (Å²) in [7, 11) is 5.25. The second-order valence-electron chi connectivity index (χ2n) is 20.1. The van der Waals surface area contributed by atoms with Gasteiger partial charge in [0.05, 0.1) is 12.1 Å². The number of nitrogens with zero attached hydrogens (tertiary/aromatic N) is 3. The number of amides is 7. The van der Waals surface area contributed by atoms with Gasteiger partial charge in [-0.3, -0.25) is 38.5 Å². The van der Waals surface area contributed by atoms with Gasteiger partial charge in [-0.25, -0.2) is 9.59 Å². The highest BCUT2D eigenvalue weighted by molar-refractivity contribution is 6.12. The molecule has 386 valence electrons. The lowest BCUT2D eigenvalue weighted by Crippen LogP contribution is -2.61. The average Bonchev–Trinajstić information content (AvgIpc) is 3.80. The molecule has 1 aromatic carbocycles. The summed E-state index contributed by atoms with van der Waals surface area (Å²) in [5.41, 5.74) is 0.651. The van der Waals surface area contributed by atoms with E-state index in [1.807, 2.05) is 90.5 Å². The first-order valence-electron chi connectivity index (χ1n) is 24.1. The van der Waals surface area contributed by atoms with E-state index in [0.717, 1.165) is 21.4 Å². The van der Waals surface area contributed by atoms with Gasteiger partial charge < -0.3 is 46.3 Å². The molecular weight excluding hydrogens is 901 g/mol. The van der Waals surface area contributed by atoms with Crippen LogP contribution in [0.1, 0.15) is 119 Å². The summed E-state index contributed by atoms with van der Waals surface area (Å²) < 4.78 is 2.02. The first-order valence-corrected chi connectivity index (χ1v) is 24.1. The second-order valence-corrected chi connectivity index (χ2v) is 20.1. The normalized spacial score (nSPS) is 15.3. The van der Waals surface area contributed by atoms with Crippen molar-refractivity contribution in [2.75, 3.05) is 27.2 Å². The van der Waals surface area contributed by atoms with Gasteiger partial charge in [-0.15, -0.1) is 0 Å². The van der Waals surface area contributed by atoms with Gasteiger partial charge in [0.1, 0.15) is 18.1 Å². The highest BCUT2D eigenvalue weighted by Gasteiger charge is 2.42. The molecule has 1 aliphatic rings. The number of fused-ring (bicyclic) bond motifs is 1. The van der Waals surface area contributed by atoms with Gasteiger partial charge in [-0.1, -0.05) is 79.2 Å². The molecule has 5 atom stereocenters. The van der Waals surface area contributed by atoms with E-state index < -0.39 is 77.1 Å². The Bertz CT molecular complexity index is 2270. The maximum atomic E-state index is 14.4. The van der Waals surface area contributed by atoms with Crippen molar-refractivity contribution in [3.05, 3.63) is 59.8 Å². The minimum absolute atomic E-state index is 0.0558. The standard InChI is InChI=1S/C51H76N8O11/c1-31(2)38(58(11)47(66)44(50(4,5)6)56-46(65)43(52-9)51(7,8)34-30-57(10)37-21-15-14-19-33(34)37)29-32(3)45(64)55-36(49(69)70)23-24-40(61)54-35(48(67)68)20-16-17-27-53-39(60)22-13-12-18-28-59-41(62)25-26-42(59)63/h14-15,19,21,25-26,29-31,35-36,38,43-44,52H,12-13,16-18,20,22-24,27-28H2,1-11H3,(H,53,60)(H,54,61)(H,55,64)(H,56,65)(H,67,68)(H,69,70)/b32-29+/t35-,36+,38?,43+,44+/m0/s1. The fourth-order valence-electron chi connectivity index (χ4n) is 8.64. The van der Waals surface area contributed by atoms with E-state index in [1.165, 1.54) is 24.0 Å². The van der Waals surface area contributed by atoms with Gasteiger partial charge in [0.15, 0.2) is 0 Å². The fourth-order valence-corrected chi connectivity index (χ4v) is 8.64. The molecular formula is C51H76N8O11. The predicted molar refractivity (Wildman–Crippen MR) is 265 cm³/mol. The molecule has 2 aromatic rings. The first kappa shape index (κ1) is 57.9. The molecule has 0 radical (unpaired) electrons. The SMILES string of the molecule is CN[C@H](C(=O)N[C@H](C(=O)N(C)C(/C=C(\C)C(=O)N[C@H](CCC(=O)N[C@@H](CCCCNC(=O)CCCCCN1C(=O)C=CC1=O)C(=O)O)C(=O)O)C(C)C)C(C)(C)C)C(C)(C)c1cn(C)c2ccccc12. The Morgan fingerprint density at radius 1 is 0.771 bits per heavy atom. The number of benzene rings is 1. The number of likely N-dealkylation sites (N-methyl/N-ethyl adjacent to an activating group) is 2. The van der Waals surface area contributed by atoms with E-state index >= 15 is 0 Å². The van der Waals surface area contributed by atoms with Crippen molar-refractivity contribution in [2.45, 2.75) is 149 Å². The van der Waals surface area contributed by atoms with E-state index in [4.69, 9.17) is 0 Å². The van der Waals surface area contributed by atoms with Crippen LogP contribution in [-0.2, 0) is 55.6 Å². The molecule has 0 saturated carbocycles. The molecule has 19 nitrogen and oxygen atoms in total. The Hall–Kier alpha value is -6.37. The Balaban J connectivity index is 1.55. The number of aryl methyl sites for hydroxylation is 1. The van der Waals surface area contributed by atoms with Gasteiger partial charge >= 0.3 is 11.9 Å². The van der Waals surface area contributed by atoms with Crippen LogP contribution >= 0.6 is 0 Å². The number of hydrogen-bond donors (Lipinski definition) is 7. The molecule has 7 amide bonds. The number of hydrogen-bond acceptors (Lipinski definition) is 10. The van der Waals surface area contributed by atoms with Crippen LogP contribution in [0.25, 0.3) is 10.9 Å². The van der Waals surface area contributed by atoms with E-state index in [2.05, 4.69) is 26.6 Å². The van der Waals surface area contributed by atoms with Crippen molar-refractivity contribution in [2.24, 2.45) is 18.4 Å². The molecule has 1 aliphatic heterocycles. The maximum absolute atomic E-state index is 14.4. The van der Waals surface area contributed by atoms with Crippen LogP contribution in [0.2, 0.25) is 0 Å². The molecule has 3 rings (SSSR count). The van der Waals surface area contributed by atoms with Crippen LogP contribution < -0.4 is 26.6 Å². The molecule has 7 N–H and O–H groups in total. The minimum atomic E-state index is -1.50. The third-order valence-corrected chi connectivity index (χ3v) is 12.8.